The molecule has 15 atom stereocenters. The van der Waals surface area contributed by atoms with E-state index >= 15 is 0 Å². The van der Waals surface area contributed by atoms with Crippen molar-refractivity contribution in [1.29, 1.82) is 10.5 Å². The van der Waals surface area contributed by atoms with Crippen molar-refractivity contribution in [2.24, 2.45) is 17.8 Å². The summed E-state index contributed by atoms with van der Waals surface area (Å²) < 4.78 is 37.8. The number of rotatable bonds is 15. The Labute approximate surface area is 628 Å². The van der Waals surface area contributed by atoms with Crippen LogP contribution in [-0.4, -0.2) is 162 Å². The molecule has 9 aromatic rings. The molecule has 0 bridgehead atoms. The smallest absolute Gasteiger partial charge is 0.319 e. The quantitative estimate of drug-likeness (QED) is 0.0411. The van der Waals surface area contributed by atoms with Crippen LogP contribution in [0.15, 0.2) is 186 Å². The lowest BCUT2D eigenvalue weighted by molar-refractivity contribution is -0.152. The Balaban J connectivity index is 0.000000141. The standard InChI is InChI=1S/2C28H26N4O4.C26H26BrClN2O4/c2*1-30-22-14-21-24(26(31-22)35-4)27(34)25(33)20(16-32(2)3)23(18-8-6-5-7-9-18)28(27,36-21)19-12-10-17(15-29)11-13-19;1-30(2)14-18-21(15-7-5-4-6-8-15)26(16-9-11-17(27)12-10-16)25(32,23(18)31)22-19(34-26)13-20(28)29-24(22)33-3/h2*5-14,20,23,25,33-34H,16H2,2-4H3;4-13,18,21,23,31-32H,14H2,1-3H3/t2*20-,23-,25-,27+,28+;18-,21-,23-,25+,26+/m111/s1. The lowest BCUT2D eigenvalue weighted by Gasteiger charge is -2.41. The third-order valence-electron chi connectivity index (χ3n) is 21.7. The van der Waals surface area contributed by atoms with Crippen molar-refractivity contribution in [3.63, 3.8) is 0 Å². The summed E-state index contributed by atoms with van der Waals surface area (Å²) >= 11 is 9.79. The normalized spacial score (nSPS) is 28.5. The molecule has 6 aliphatic rings. The monoisotopic (exact) mass is 1510 g/mol. The zero-order valence-corrected chi connectivity index (χ0v) is 61.8. The molecule has 3 saturated carbocycles. The average molecular weight is 1510 g/mol. The highest BCUT2D eigenvalue weighted by Gasteiger charge is 2.80. The average Bonchev–Trinajstić information content (AvgIpc) is 1.51. The van der Waals surface area contributed by atoms with Crippen molar-refractivity contribution in [3.8, 4) is 47.0 Å². The summed E-state index contributed by atoms with van der Waals surface area (Å²) in [6.45, 7) is 16.4. The maximum atomic E-state index is 12.7. The van der Waals surface area contributed by atoms with Crippen molar-refractivity contribution >= 4 is 39.2 Å². The van der Waals surface area contributed by atoms with Gasteiger partial charge in [0.1, 0.15) is 33.5 Å². The number of ether oxygens (including phenoxy) is 6. The summed E-state index contributed by atoms with van der Waals surface area (Å²) in [5, 5.41) is 92.9. The number of methoxy groups -OCH3 is 3. The van der Waals surface area contributed by atoms with Gasteiger partial charge in [0.15, 0.2) is 33.6 Å². The molecular weight excluding hydrogens is 1430 g/mol. The van der Waals surface area contributed by atoms with Crippen molar-refractivity contribution < 1.29 is 59.1 Å². The first-order valence-electron chi connectivity index (χ1n) is 34.2. The SMILES string of the molecule is COc1nc(Cl)cc2c1[C@]1(O)[C@H](O)[C@H](CN(C)C)[C@@H](c3ccccc3)[C@]1(c1ccc(Br)cc1)O2.[C-]#[N+]c1cc2c(c(OC)n1)[C@]1(O)[C@H](O)[C@H](CN(C)C)[C@@H](c3ccccc3)[C@]1(c1ccc(C#N)cc1)O2.[C-]#[N+]c1cc2c(c(OC)n1)[C@]1(O)[C@H](O)[C@H](CN(C)C)[C@@H](c3ccccc3)[C@]1(c1ccc(C#N)cc1)O2. The second kappa shape index (κ2) is 28.7. The van der Waals surface area contributed by atoms with Gasteiger partial charge in [0.25, 0.3) is 11.6 Å². The number of aromatic nitrogens is 3. The minimum atomic E-state index is -1.96. The van der Waals surface area contributed by atoms with Crippen molar-refractivity contribution in [1.82, 2.24) is 29.7 Å². The van der Waals surface area contributed by atoms with Gasteiger partial charge in [0.2, 0.25) is 5.88 Å². The van der Waals surface area contributed by atoms with Gasteiger partial charge in [-0.15, -0.1) is 0 Å². The number of nitrogens with zero attached hydrogens (tertiary/aromatic N) is 10. The van der Waals surface area contributed by atoms with Crippen LogP contribution < -0.4 is 28.4 Å². The Hall–Kier alpha value is -10.1. The topological polar surface area (TPSA) is 281 Å². The van der Waals surface area contributed by atoms with E-state index in [4.69, 9.17) is 53.2 Å². The summed E-state index contributed by atoms with van der Waals surface area (Å²) in [6, 6.07) is 59.4. The second-order valence-electron chi connectivity index (χ2n) is 28.3. The van der Waals surface area contributed by atoms with Gasteiger partial charge in [-0.2, -0.15) is 10.5 Å². The zero-order valence-electron chi connectivity index (χ0n) is 59.5. The van der Waals surface area contributed by atoms with Crippen molar-refractivity contribution in [2.75, 3.05) is 83.2 Å². The van der Waals surface area contributed by atoms with E-state index in [0.29, 0.717) is 53.2 Å². The third kappa shape index (κ3) is 11.3. The molecule has 0 radical (unpaired) electrons. The second-order valence-corrected chi connectivity index (χ2v) is 29.6. The fourth-order valence-electron chi connectivity index (χ4n) is 18.0. The van der Waals surface area contributed by atoms with Gasteiger partial charge >= 0.3 is 11.8 Å². The summed E-state index contributed by atoms with van der Waals surface area (Å²) in [7, 11) is 15.9. The Morgan fingerprint density at radius 3 is 1.02 bits per heavy atom. The van der Waals surface area contributed by atoms with Gasteiger partial charge in [0.05, 0.1) is 68.5 Å². The van der Waals surface area contributed by atoms with Crippen molar-refractivity contribution in [2.45, 2.75) is 69.7 Å². The Morgan fingerprint density at radius 1 is 0.462 bits per heavy atom. The maximum absolute atomic E-state index is 12.7. The minimum absolute atomic E-state index is 0.0351. The largest absolute Gasteiger partial charge is 0.481 e. The van der Waals surface area contributed by atoms with Crippen LogP contribution in [-0.2, 0) is 33.6 Å². The van der Waals surface area contributed by atoms with Crippen LogP contribution in [0.1, 0.15) is 79.0 Å². The predicted molar refractivity (Wildman–Crippen MR) is 397 cm³/mol. The zero-order chi connectivity index (χ0) is 75.6. The summed E-state index contributed by atoms with van der Waals surface area (Å²) in [6.07, 6.45) is -3.71. The Bertz CT molecular complexity index is 4740. The van der Waals surface area contributed by atoms with Gasteiger partial charge in [-0.05, 0) is 112 Å². The van der Waals surface area contributed by atoms with E-state index < -0.39 is 81.5 Å². The van der Waals surface area contributed by atoms with E-state index in [1.165, 1.54) is 33.5 Å². The van der Waals surface area contributed by atoms with E-state index in [9.17, 15) is 41.2 Å². The number of nitriles is 2. The van der Waals surface area contributed by atoms with Crippen LogP contribution in [0.4, 0.5) is 11.6 Å². The first-order chi connectivity index (χ1) is 50.9. The van der Waals surface area contributed by atoms with Crippen LogP contribution in [0, 0.1) is 53.6 Å². The number of halogens is 2. The fraction of sp³-hybridized carbons (Fsp3) is 0.329. The van der Waals surface area contributed by atoms with E-state index in [2.05, 4.69) is 52.7 Å². The van der Waals surface area contributed by atoms with Crippen LogP contribution in [0.3, 0.4) is 0 Å². The van der Waals surface area contributed by atoms with E-state index in [-0.39, 0.29) is 63.0 Å². The molecule has 6 heterocycles. The molecule has 3 fully saturated rings. The number of aliphatic hydroxyl groups is 6. The molecule has 22 nitrogen and oxygen atoms in total. The molecule has 15 rings (SSSR count). The summed E-state index contributed by atoms with van der Waals surface area (Å²) in [5.41, 5.74) is -3.76. The molecule has 106 heavy (non-hydrogen) atoms. The Kier molecular flexibility index (Phi) is 20.1. The molecule has 3 aliphatic carbocycles. The molecule has 0 saturated heterocycles. The van der Waals surface area contributed by atoms with Crippen LogP contribution in [0.2, 0.25) is 5.15 Å². The number of fused-ring (bicyclic) bond motifs is 9. The first kappa shape index (κ1) is 74.2. The number of aliphatic hydroxyl groups excluding tert-OH is 3. The predicted octanol–water partition coefficient (Wildman–Crippen LogP) is 11.0. The number of benzene rings is 6. The molecule has 0 amide bonds. The van der Waals surface area contributed by atoms with Gasteiger partial charge in [-0.25, -0.2) is 4.98 Å². The van der Waals surface area contributed by atoms with Gasteiger partial charge in [-0.1, -0.05) is 178 Å². The van der Waals surface area contributed by atoms with E-state index in [1.807, 2.05) is 172 Å². The molecule has 3 aromatic heterocycles. The number of hydrogen-bond acceptors (Lipinski definition) is 20. The highest BCUT2D eigenvalue weighted by molar-refractivity contribution is 9.10. The summed E-state index contributed by atoms with van der Waals surface area (Å²) in [5.74, 6) is -1.49. The fourth-order valence-corrected chi connectivity index (χ4v) is 18.4. The molecule has 6 aromatic carbocycles. The number of pyridine rings is 3. The maximum Gasteiger partial charge on any atom is 0.319 e. The molecule has 24 heteroatoms. The molecule has 0 spiro atoms. The van der Waals surface area contributed by atoms with E-state index in [0.717, 1.165) is 26.7 Å². The highest BCUT2D eigenvalue weighted by Crippen LogP contribution is 2.73. The van der Waals surface area contributed by atoms with Crippen LogP contribution >= 0.6 is 27.5 Å². The highest BCUT2D eigenvalue weighted by atomic mass is 79.9. The van der Waals surface area contributed by atoms with Crippen LogP contribution in [0.25, 0.3) is 9.69 Å². The van der Waals surface area contributed by atoms with Gasteiger partial charge < -0.3 is 83.5 Å². The molecule has 0 unspecified atom stereocenters. The van der Waals surface area contributed by atoms with Gasteiger partial charge in [-0.3, -0.25) is 0 Å². The minimum Gasteiger partial charge on any atom is -0.481 e. The number of hydrogen-bond donors (Lipinski definition) is 6. The third-order valence-corrected chi connectivity index (χ3v) is 22.4. The molecular formula is C82H78BrClN10O12. The lowest BCUT2D eigenvalue weighted by atomic mass is 9.70. The van der Waals surface area contributed by atoms with Gasteiger partial charge in [0, 0.05) is 77.8 Å². The van der Waals surface area contributed by atoms with E-state index in [1.54, 1.807) is 54.6 Å². The summed E-state index contributed by atoms with van der Waals surface area (Å²) in [4.78, 5) is 25.7. The molecule has 3 aliphatic heterocycles. The molecule has 6 N–H and O–H groups in total. The molecule has 542 valence electrons. The first-order valence-corrected chi connectivity index (χ1v) is 35.4. The lowest BCUT2D eigenvalue weighted by Crippen LogP contribution is -2.52. The van der Waals surface area contributed by atoms with Crippen molar-refractivity contribution in [3.05, 3.63) is 276 Å². The Morgan fingerprint density at radius 2 is 0.745 bits per heavy atom. The van der Waals surface area contributed by atoms with Crippen LogP contribution in [0.5, 0.6) is 34.9 Å².